The van der Waals surface area contributed by atoms with Gasteiger partial charge in [0.2, 0.25) is 0 Å². The molecular formula is C14H17N3. The first-order valence-corrected chi connectivity index (χ1v) is 6.11. The predicted molar refractivity (Wildman–Crippen MR) is 67.6 cm³/mol. The molecule has 0 fully saturated rings. The molecule has 0 amide bonds. The Balaban J connectivity index is 1.68. The smallest absolute Gasteiger partial charge is 0.0521 e. The maximum absolute atomic E-state index is 4.20. The maximum Gasteiger partial charge on any atom is 0.0521 e. The highest BCUT2D eigenvalue weighted by atomic mass is 15.2. The van der Waals surface area contributed by atoms with E-state index >= 15 is 0 Å². The molecule has 0 bridgehead atoms. The van der Waals surface area contributed by atoms with Crippen molar-refractivity contribution in [3.8, 4) is 0 Å². The molecule has 1 unspecified atom stereocenters. The number of aryl methyl sites for hydroxylation is 2. The molecule has 2 aromatic rings. The van der Waals surface area contributed by atoms with Gasteiger partial charge in [0.05, 0.1) is 6.20 Å². The summed E-state index contributed by atoms with van der Waals surface area (Å²) in [6, 6.07) is 9.20. The summed E-state index contributed by atoms with van der Waals surface area (Å²) in [4.78, 5) is 0. The van der Waals surface area contributed by atoms with Crippen molar-refractivity contribution in [3.63, 3.8) is 0 Å². The molecule has 3 heteroatoms. The molecule has 0 spiro atoms. The Bertz CT molecular complexity index is 516. The van der Waals surface area contributed by atoms with Crippen LogP contribution in [0.3, 0.4) is 0 Å². The highest BCUT2D eigenvalue weighted by molar-refractivity contribution is 5.33. The van der Waals surface area contributed by atoms with Crippen LogP contribution in [0.4, 0.5) is 0 Å². The fourth-order valence-electron chi connectivity index (χ4n) is 2.55. The molecule has 0 aliphatic carbocycles. The number of fused-ring (bicyclic) bond motifs is 1. The second-order valence-electron chi connectivity index (χ2n) is 4.69. The van der Waals surface area contributed by atoms with Crippen molar-refractivity contribution in [3.05, 3.63) is 53.3 Å². The van der Waals surface area contributed by atoms with Gasteiger partial charge in [-0.2, -0.15) is 5.10 Å². The summed E-state index contributed by atoms with van der Waals surface area (Å²) in [5.74, 6) is 0. The van der Waals surface area contributed by atoms with Gasteiger partial charge < -0.3 is 5.32 Å². The van der Waals surface area contributed by atoms with Crippen LogP contribution in [0, 0.1) is 0 Å². The summed E-state index contributed by atoms with van der Waals surface area (Å²) in [5.41, 5.74) is 4.23. The minimum absolute atomic E-state index is 0.506. The van der Waals surface area contributed by atoms with Crippen molar-refractivity contribution < 1.29 is 0 Å². The average molecular weight is 227 g/mol. The Morgan fingerprint density at radius 2 is 2.29 bits per heavy atom. The highest BCUT2D eigenvalue weighted by Gasteiger charge is 2.20. The Morgan fingerprint density at radius 1 is 1.41 bits per heavy atom. The molecule has 1 aromatic heterocycles. The van der Waals surface area contributed by atoms with Crippen LogP contribution < -0.4 is 5.32 Å². The minimum Gasteiger partial charge on any atom is -0.306 e. The van der Waals surface area contributed by atoms with Crippen LogP contribution >= 0.6 is 0 Å². The van der Waals surface area contributed by atoms with Gasteiger partial charge in [-0.15, -0.1) is 0 Å². The van der Waals surface area contributed by atoms with E-state index in [1.165, 1.54) is 16.7 Å². The summed E-state index contributed by atoms with van der Waals surface area (Å²) in [5, 5.41) is 7.77. The van der Waals surface area contributed by atoms with Crippen molar-refractivity contribution in [1.82, 2.24) is 15.1 Å². The Hall–Kier alpha value is -1.61. The van der Waals surface area contributed by atoms with E-state index in [1.807, 2.05) is 17.9 Å². The molecular weight excluding hydrogens is 210 g/mol. The molecule has 1 aliphatic heterocycles. The normalized spacial score (nSPS) is 18.3. The molecule has 3 nitrogen and oxygen atoms in total. The Morgan fingerprint density at radius 3 is 3.12 bits per heavy atom. The first-order chi connectivity index (χ1) is 8.33. The molecule has 3 rings (SSSR count). The van der Waals surface area contributed by atoms with Gasteiger partial charge in [0, 0.05) is 25.8 Å². The molecule has 1 aliphatic rings. The Labute approximate surface area is 101 Å². The molecule has 2 heterocycles. The average Bonchev–Trinajstić information content (AvgIpc) is 2.93. The number of nitrogens with one attached hydrogen (secondary N) is 1. The van der Waals surface area contributed by atoms with Crippen LogP contribution in [-0.4, -0.2) is 9.78 Å². The summed E-state index contributed by atoms with van der Waals surface area (Å²) in [7, 11) is 1.96. The predicted octanol–water partition coefficient (Wildman–Crippen LogP) is 2.20. The third-order valence-electron chi connectivity index (χ3n) is 3.45. The molecule has 1 aromatic carbocycles. The lowest BCUT2D eigenvalue weighted by molar-refractivity contribution is 0.542. The molecule has 0 radical (unpaired) electrons. The van der Waals surface area contributed by atoms with E-state index in [9.17, 15) is 0 Å². The van der Waals surface area contributed by atoms with E-state index in [0.29, 0.717) is 6.04 Å². The lowest BCUT2D eigenvalue weighted by Crippen LogP contribution is -2.12. The van der Waals surface area contributed by atoms with Gasteiger partial charge in [0.15, 0.2) is 0 Å². The van der Waals surface area contributed by atoms with Crippen molar-refractivity contribution in [2.24, 2.45) is 7.05 Å². The summed E-state index contributed by atoms with van der Waals surface area (Å²) >= 11 is 0. The van der Waals surface area contributed by atoms with Gasteiger partial charge in [-0.05, 0) is 29.5 Å². The first kappa shape index (κ1) is 10.5. The van der Waals surface area contributed by atoms with Crippen molar-refractivity contribution in [1.29, 1.82) is 0 Å². The monoisotopic (exact) mass is 227 g/mol. The Kier molecular flexibility index (Phi) is 2.69. The van der Waals surface area contributed by atoms with Gasteiger partial charge in [-0.3, -0.25) is 4.68 Å². The number of nitrogens with zero attached hydrogens (tertiary/aromatic N) is 2. The standard InChI is InChI=1S/C14H17N3/c1-17-10-11(8-16-17)6-7-14-13-5-3-2-4-12(13)9-15-14/h2-5,8,10,14-15H,6-7,9H2,1H3. The van der Waals surface area contributed by atoms with E-state index < -0.39 is 0 Å². The van der Waals surface area contributed by atoms with Gasteiger partial charge in [0.1, 0.15) is 0 Å². The number of benzene rings is 1. The SMILES string of the molecule is Cn1cc(CCC2NCc3ccccc32)cn1. The van der Waals surface area contributed by atoms with E-state index in [0.717, 1.165) is 19.4 Å². The lowest BCUT2D eigenvalue weighted by atomic mass is 10.00. The topological polar surface area (TPSA) is 29.9 Å². The van der Waals surface area contributed by atoms with Crippen LogP contribution in [0.1, 0.15) is 29.2 Å². The van der Waals surface area contributed by atoms with E-state index in [2.05, 4.69) is 40.9 Å². The largest absolute Gasteiger partial charge is 0.306 e. The van der Waals surface area contributed by atoms with E-state index in [1.54, 1.807) is 0 Å². The van der Waals surface area contributed by atoms with E-state index in [4.69, 9.17) is 0 Å². The lowest BCUT2D eigenvalue weighted by Gasteiger charge is -2.10. The fraction of sp³-hybridized carbons (Fsp3) is 0.357. The zero-order valence-corrected chi connectivity index (χ0v) is 10.1. The maximum atomic E-state index is 4.20. The summed E-state index contributed by atoms with van der Waals surface area (Å²) in [6.07, 6.45) is 6.28. The fourth-order valence-corrected chi connectivity index (χ4v) is 2.55. The molecule has 88 valence electrons. The van der Waals surface area contributed by atoms with Crippen molar-refractivity contribution >= 4 is 0 Å². The summed E-state index contributed by atoms with van der Waals surface area (Å²) < 4.78 is 1.87. The van der Waals surface area contributed by atoms with Crippen molar-refractivity contribution in [2.75, 3.05) is 0 Å². The third kappa shape index (κ3) is 2.11. The van der Waals surface area contributed by atoms with Crippen LogP contribution in [0.25, 0.3) is 0 Å². The summed E-state index contributed by atoms with van der Waals surface area (Å²) in [6.45, 7) is 1.01. The zero-order chi connectivity index (χ0) is 11.7. The zero-order valence-electron chi connectivity index (χ0n) is 10.1. The molecule has 0 saturated heterocycles. The molecule has 1 atom stereocenters. The van der Waals surface area contributed by atoms with Gasteiger partial charge in [-0.25, -0.2) is 0 Å². The van der Waals surface area contributed by atoms with Crippen LogP contribution in [0.15, 0.2) is 36.7 Å². The number of hydrogen-bond donors (Lipinski definition) is 1. The molecule has 1 N–H and O–H groups in total. The number of aromatic nitrogens is 2. The first-order valence-electron chi connectivity index (χ1n) is 6.11. The molecule has 17 heavy (non-hydrogen) atoms. The van der Waals surface area contributed by atoms with Gasteiger partial charge in [-0.1, -0.05) is 24.3 Å². The van der Waals surface area contributed by atoms with Crippen LogP contribution in [-0.2, 0) is 20.0 Å². The minimum atomic E-state index is 0.506. The van der Waals surface area contributed by atoms with Gasteiger partial charge >= 0.3 is 0 Å². The highest BCUT2D eigenvalue weighted by Crippen LogP contribution is 2.28. The van der Waals surface area contributed by atoms with Gasteiger partial charge in [0.25, 0.3) is 0 Å². The second kappa shape index (κ2) is 4.34. The van der Waals surface area contributed by atoms with Crippen LogP contribution in [0.2, 0.25) is 0 Å². The van der Waals surface area contributed by atoms with Crippen LogP contribution in [0.5, 0.6) is 0 Å². The third-order valence-corrected chi connectivity index (χ3v) is 3.45. The number of rotatable bonds is 3. The quantitative estimate of drug-likeness (QED) is 0.871. The van der Waals surface area contributed by atoms with Crippen molar-refractivity contribution in [2.45, 2.75) is 25.4 Å². The second-order valence-corrected chi connectivity index (χ2v) is 4.69. The van der Waals surface area contributed by atoms with E-state index in [-0.39, 0.29) is 0 Å². The molecule has 0 saturated carbocycles. The number of hydrogen-bond acceptors (Lipinski definition) is 2.